The summed E-state index contributed by atoms with van der Waals surface area (Å²) >= 11 is 1.15. The van der Waals surface area contributed by atoms with Gasteiger partial charge in [0.15, 0.2) is 22.8 Å². The number of nitrogens with zero attached hydrogens (tertiary/aromatic N) is 4. The van der Waals surface area contributed by atoms with Gasteiger partial charge in [0.25, 0.3) is 0 Å². The van der Waals surface area contributed by atoms with E-state index in [4.69, 9.17) is 19.5 Å². The van der Waals surface area contributed by atoms with E-state index >= 15 is 0 Å². The molecule has 0 spiro atoms. The molecule has 26 nitrogen and oxygen atoms in total. The van der Waals surface area contributed by atoms with Gasteiger partial charge in [-0.3, -0.25) is 32.5 Å². The molecule has 7 rings (SSSR count). The van der Waals surface area contributed by atoms with E-state index < -0.39 is 84.6 Å². The Kier molecular flexibility index (Phi) is 19.0. The van der Waals surface area contributed by atoms with Crippen molar-refractivity contribution in [2.24, 2.45) is 51.8 Å². The van der Waals surface area contributed by atoms with Crippen LogP contribution in [0, 0.1) is 51.8 Å². The van der Waals surface area contributed by atoms with Crippen LogP contribution >= 0.6 is 35.2 Å². The molecule has 0 bridgehead atoms. The SMILES string of the molecule is C[C@H](CCC(=O)SCCNC(=O)CCNC(=O)[C@H](O)C(C)(C)COP(=O)(O)OP(=O)(O)OC[C@H]1O[C@@H](n2cnc3c(N)ncnc32)[C@H](O)[C@@H]1OP(=O)(O)O)[C@H]1CC[C@H]2[C@@H]3[C@@H](O)C[C@@H]4C[C@H](O)CC[C@]4(C)[C@H]3CC[C@]12C. The van der Waals surface area contributed by atoms with Crippen molar-refractivity contribution >= 4 is 69.1 Å². The first kappa shape index (κ1) is 60.1. The van der Waals surface area contributed by atoms with Crippen molar-refractivity contribution in [3.63, 3.8) is 0 Å². The molecule has 2 unspecified atom stereocenters. The number of aliphatic hydroxyl groups is 4. The van der Waals surface area contributed by atoms with Crippen LogP contribution in [0.2, 0.25) is 0 Å². The highest BCUT2D eigenvalue weighted by Gasteiger charge is 2.63. The van der Waals surface area contributed by atoms with Gasteiger partial charge in [0.1, 0.15) is 36.3 Å². The highest BCUT2D eigenvalue weighted by atomic mass is 32.2. The lowest BCUT2D eigenvalue weighted by atomic mass is 9.43. The van der Waals surface area contributed by atoms with Crippen LogP contribution in [0.5, 0.6) is 0 Å². The maximum absolute atomic E-state index is 13.0. The quantitative estimate of drug-likeness (QED) is 0.0562. The third-order valence-electron chi connectivity index (χ3n) is 17.0. The number of rotatable bonds is 23. The first-order chi connectivity index (χ1) is 34.9. The second-order valence-electron chi connectivity index (χ2n) is 22.3. The predicted octanol–water partition coefficient (Wildman–Crippen LogP) is 3.07. The number of aromatic nitrogens is 4. The average molecular weight is 1140 g/mol. The number of ether oxygens (including phenoxy) is 1. The molecule has 5 fully saturated rings. The fourth-order valence-corrected chi connectivity index (χ4v) is 16.6. The molecule has 2 aromatic rings. The molecular formula is C45H74N7O19P3S. The molecule has 75 heavy (non-hydrogen) atoms. The van der Waals surface area contributed by atoms with E-state index in [2.05, 4.69) is 55.2 Å². The summed E-state index contributed by atoms with van der Waals surface area (Å²) in [6.07, 6.45) is 1.45. The van der Waals surface area contributed by atoms with Gasteiger partial charge in [-0.2, -0.15) is 4.31 Å². The van der Waals surface area contributed by atoms with Crippen LogP contribution in [-0.2, 0) is 50.7 Å². The molecule has 2 amide bonds. The number of aliphatic hydroxyl groups excluding tert-OH is 4. The summed E-state index contributed by atoms with van der Waals surface area (Å²) in [5.74, 6) is 1.28. The van der Waals surface area contributed by atoms with Crippen LogP contribution in [0.3, 0.4) is 0 Å². The van der Waals surface area contributed by atoms with Crippen molar-refractivity contribution in [2.45, 2.75) is 148 Å². The van der Waals surface area contributed by atoms with Gasteiger partial charge < -0.3 is 61.1 Å². The summed E-state index contributed by atoms with van der Waals surface area (Å²) < 4.78 is 62.7. The highest BCUT2D eigenvalue weighted by molar-refractivity contribution is 8.13. The van der Waals surface area contributed by atoms with Gasteiger partial charge in [-0.05, 0) is 104 Å². The van der Waals surface area contributed by atoms with E-state index in [1.807, 2.05) is 0 Å². The van der Waals surface area contributed by atoms with E-state index in [1.165, 1.54) is 13.8 Å². The average Bonchev–Trinajstić information content (AvgIpc) is 4.01. The van der Waals surface area contributed by atoms with Crippen molar-refractivity contribution in [3.8, 4) is 0 Å². The van der Waals surface area contributed by atoms with Crippen molar-refractivity contribution in [3.05, 3.63) is 12.7 Å². The van der Waals surface area contributed by atoms with Gasteiger partial charge in [0.2, 0.25) is 11.8 Å². The van der Waals surface area contributed by atoms with Crippen LogP contribution in [0.1, 0.15) is 111 Å². The number of phosphoric ester groups is 3. The molecule has 1 saturated heterocycles. The number of phosphoric acid groups is 3. The van der Waals surface area contributed by atoms with Gasteiger partial charge in [0, 0.05) is 37.1 Å². The number of nitrogen functional groups attached to an aromatic ring is 1. The van der Waals surface area contributed by atoms with E-state index in [-0.39, 0.29) is 70.6 Å². The summed E-state index contributed by atoms with van der Waals surface area (Å²) in [5, 5.41) is 48.8. The van der Waals surface area contributed by atoms with Crippen LogP contribution in [-0.4, -0.2) is 145 Å². The first-order valence-corrected chi connectivity index (χ1v) is 30.9. The number of fused-ring (bicyclic) bond motifs is 6. The molecule has 3 heterocycles. The second-order valence-corrected chi connectivity index (χ2v) is 27.6. The Labute approximate surface area is 438 Å². The normalized spacial score (nSPS) is 34.3. The topological polar surface area (TPSA) is 404 Å². The van der Waals surface area contributed by atoms with E-state index in [1.54, 1.807) is 0 Å². The number of amides is 2. The second kappa shape index (κ2) is 23.7. The molecule has 4 aliphatic carbocycles. The van der Waals surface area contributed by atoms with Gasteiger partial charge >= 0.3 is 23.5 Å². The molecule has 5 aliphatic rings. The Balaban J connectivity index is 0.778. The fraction of sp³-hybridized carbons (Fsp3) is 0.822. The predicted molar refractivity (Wildman–Crippen MR) is 268 cm³/mol. The smallest absolute Gasteiger partial charge is 0.393 e. The molecule has 0 aromatic carbocycles. The highest BCUT2D eigenvalue weighted by Crippen LogP contribution is 2.68. The molecule has 2 aromatic heterocycles. The van der Waals surface area contributed by atoms with Gasteiger partial charge in [-0.1, -0.05) is 46.4 Å². The van der Waals surface area contributed by atoms with E-state index in [0.717, 1.165) is 86.8 Å². The number of nitrogens with two attached hydrogens (primary N) is 1. The molecule has 424 valence electrons. The van der Waals surface area contributed by atoms with Crippen molar-refractivity contribution < 1.29 is 90.7 Å². The number of imidazole rings is 1. The number of anilines is 1. The molecule has 4 saturated carbocycles. The summed E-state index contributed by atoms with van der Waals surface area (Å²) in [6, 6.07) is 0. The largest absolute Gasteiger partial charge is 0.481 e. The number of hydrogen-bond donors (Lipinski definition) is 11. The fourth-order valence-electron chi connectivity index (χ4n) is 13.1. The van der Waals surface area contributed by atoms with Crippen LogP contribution in [0.4, 0.5) is 5.82 Å². The van der Waals surface area contributed by atoms with Crippen molar-refractivity contribution in [1.82, 2.24) is 30.2 Å². The number of thioether (sulfide) groups is 1. The third kappa shape index (κ3) is 13.9. The number of nitrogens with one attached hydrogen (secondary N) is 2. The Morgan fingerprint density at radius 2 is 1.63 bits per heavy atom. The van der Waals surface area contributed by atoms with Crippen LogP contribution < -0.4 is 16.4 Å². The minimum Gasteiger partial charge on any atom is -0.393 e. The minimum atomic E-state index is -5.60. The van der Waals surface area contributed by atoms with Crippen molar-refractivity contribution in [1.29, 1.82) is 0 Å². The molecular weight excluding hydrogens is 1070 g/mol. The minimum absolute atomic E-state index is 0.0288. The number of carbonyl (C=O) groups excluding carboxylic acids is 3. The van der Waals surface area contributed by atoms with E-state index in [9.17, 15) is 68.1 Å². The Morgan fingerprint density at radius 3 is 2.35 bits per heavy atom. The lowest BCUT2D eigenvalue weighted by Crippen LogP contribution is -2.58. The lowest BCUT2D eigenvalue weighted by Gasteiger charge is -2.62. The Hall–Kier alpha value is -2.52. The zero-order valence-corrected chi connectivity index (χ0v) is 46.2. The summed E-state index contributed by atoms with van der Waals surface area (Å²) in [7, 11) is -16.5. The van der Waals surface area contributed by atoms with Crippen LogP contribution in [0.15, 0.2) is 12.7 Å². The number of hydrogen-bond acceptors (Lipinski definition) is 20. The van der Waals surface area contributed by atoms with E-state index in [0.29, 0.717) is 41.8 Å². The number of carbonyl (C=O) groups is 3. The maximum Gasteiger partial charge on any atom is 0.481 e. The first-order valence-electron chi connectivity index (χ1n) is 25.4. The molecule has 1 aliphatic heterocycles. The van der Waals surface area contributed by atoms with Gasteiger partial charge in [-0.25, -0.2) is 28.6 Å². The van der Waals surface area contributed by atoms with Crippen LogP contribution in [0.25, 0.3) is 11.2 Å². The van der Waals surface area contributed by atoms with Crippen molar-refractivity contribution in [2.75, 3.05) is 37.8 Å². The lowest BCUT2D eigenvalue weighted by molar-refractivity contribution is -0.174. The summed E-state index contributed by atoms with van der Waals surface area (Å²) in [6.45, 7) is 7.58. The molecule has 17 atom stereocenters. The maximum atomic E-state index is 13.0. The molecule has 30 heteroatoms. The molecule has 0 radical (unpaired) electrons. The monoisotopic (exact) mass is 1140 g/mol. The zero-order valence-electron chi connectivity index (χ0n) is 42.7. The Morgan fingerprint density at radius 1 is 0.933 bits per heavy atom. The Bertz CT molecular complexity index is 2530. The van der Waals surface area contributed by atoms with Gasteiger partial charge in [0.05, 0.1) is 31.7 Å². The zero-order chi connectivity index (χ0) is 55.1. The standard InChI is InChI=1S/C45H74N7O19P3S/c1-24(27-7-8-28-34-29(11-14-45(27,28)5)44(4)13-10-26(53)18-25(44)19-30(34)54)6-9-33(56)75-17-16-47-32(55)12-15-48-41(59)38(58)43(2,3)21-68-74(65,66)71-73(63,64)67-20-31-37(70-72(60,61)62)36(57)42(69-31)52-23-51-35-39(46)49-22-50-40(35)52/h22-31,34,36-38,42,53-54,57-58H,6-21H2,1-5H3,(H,47,55)(H,48,59)(H,63,64)(H,65,66)(H2,46,49,50)(H2,60,61,62)/t24-,25+,26-,27-,28+,29+,30+,31-,34+,36-,37-,38+,42-,44+,45-/m1/s1. The summed E-state index contributed by atoms with van der Waals surface area (Å²) in [5.41, 5.74) is 4.55. The molecule has 12 N–H and O–H groups in total. The van der Waals surface area contributed by atoms with Gasteiger partial charge in [-0.15, -0.1) is 0 Å². The third-order valence-corrected chi connectivity index (χ3v) is 21.0. The summed E-state index contributed by atoms with van der Waals surface area (Å²) in [4.78, 5) is 89.7.